The molecule has 6 heteroatoms. The van der Waals surface area contributed by atoms with Crippen molar-refractivity contribution in [1.82, 2.24) is 0 Å². The van der Waals surface area contributed by atoms with Gasteiger partial charge in [0.15, 0.2) is 5.78 Å². The van der Waals surface area contributed by atoms with Gasteiger partial charge in [0.1, 0.15) is 4.88 Å². The van der Waals surface area contributed by atoms with Gasteiger partial charge in [-0.15, -0.1) is 11.3 Å². The van der Waals surface area contributed by atoms with Crippen LogP contribution in [0.4, 0.5) is 5.69 Å². The number of hydrogen-bond donors (Lipinski definition) is 3. The SMILES string of the molecule is O=C(/C=C/O)C1=CC(c2ccc(-c3ccc(C(=O)O)s3)cc2)=CNc2ccccc21. The zero-order valence-electron chi connectivity index (χ0n) is 15.7. The first kappa shape index (κ1) is 19.4. The molecule has 0 spiro atoms. The maximum Gasteiger partial charge on any atom is 0.345 e. The first-order valence-electron chi connectivity index (χ1n) is 9.13. The Hall–Kier alpha value is -3.90. The molecule has 1 aliphatic rings. The van der Waals surface area contributed by atoms with Crippen molar-refractivity contribution >= 4 is 39.9 Å². The van der Waals surface area contributed by atoms with E-state index in [4.69, 9.17) is 10.2 Å². The van der Waals surface area contributed by atoms with E-state index in [9.17, 15) is 9.59 Å². The van der Waals surface area contributed by atoms with E-state index in [0.717, 1.165) is 45.2 Å². The van der Waals surface area contributed by atoms with Crippen LogP contribution in [0.5, 0.6) is 0 Å². The second kappa shape index (κ2) is 8.23. The maximum absolute atomic E-state index is 12.6. The van der Waals surface area contributed by atoms with Crippen molar-refractivity contribution in [2.45, 2.75) is 0 Å². The number of nitrogens with one attached hydrogen (secondary N) is 1. The summed E-state index contributed by atoms with van der Waals surface area (Å²) < 4.78 is 0. The molecule has 0 amide bonds. The van der Waals surface area contributed by atoms with Gasteiger partial charge in [-0.2, -0.15) is 0 Å². The van der Waals surface area contributed by atoms with Crippen LogP contribution in [0.2, 0.25) is 0 Å². The van der Waals surface area contributed by atoms with Crippen molar-refractivity contribution in [3.05, 3.63) is 101 Å². The molecule has 3 N–H and O–H groups in total. The van der Waals surface area contributed by atoms with Crippen molar-refractivity contribution in [3.63, 3.8) is 0 Å². The third kappa shape index (κ3) is 3.81. The van der Waals surface area contributed by atoms with Crippen LogP contribution >= 0.6 is 11.3 Å². The summed E-state index contributed by atoms with van der Waals surface area (Å²) in [6.45, 7) is 0. The molecule has 1 aliphatic heterocycles. The number of rotatable bonds is 5. The molecule has 4 rings (SSSR count). The summed E-state index contributed by atoms with van der Waals surface area (Å²) >= 11 is 1.23. The Morgan fingerprint density at radius 1 is 0.933 bits per heavy atom. The predicted octanol–water partition coefficient (Wildman–Crippen LogP) is 5.60. The largest absolute Gasteiger partial charge is 0.515 e. The smallest absolute Gasteiger partial charge is 0.345 e. The van der Waals surface area contributed by atoms with E-state index in [0.29, 0.717) is 10.5 Å². The molecular weight excluding hydrogens is 398 g/mol. The summed E-state index contributed by atoms with van der Waals surface area (Å²) in [6.07, 6.45) is 5.51. The second-order valence-corrected chi connectivity index (χ2v) is 7.66. The molecule has 0 radical (unpaired) electrons. The van der Waals surface area contributed by atoms with E-state index in [1.54, 1.807) is 18.2 Å². The van der Waals surface area contributed by atoms with Gasteiger partial charge in [-0.3, -0.25) is 4.79 Å². The van der Waals surface area contributed by atoms with Crippen LogP contribution in [-0.4, -0.2) is 22.0 Å². The van der Waals surface area contributed by atoms with Gasteiger partial charge in [-0.1, -0.05) is 42.5 Å². The Morgan fingerprint density at radius 2 is 1.67 bits per heavy atom. The molecule has 0 fully saturated rings. The highest BCUT2D eigenvalue weighted by atomic mass is 32.1. The quantitative estimate of drug-likeness (QED) is 0.373. The Labute approximate surface area is 176 Å². The number of hydrogen-bond acceptors (Lipinski definition) is 5. The van der Waals surface area contributed by atoms with Gasteiger partial charge < -0.3 is 15.5 Å². The molecule has 0 saturated heterocycles. The van der Waals surface area contributed by atoms with Gasteiger partial charge in [-0.05, 0) is 41.0 Å². The van der Waals surface area contributed by atoms with Gasteiger partial charge >= 0.3 is 5.97 Å². The number of fused-ring (bicyclic) bond motifs is 1. The number of carboxylic acids is 1. The molecule has 1 aromatic heterocycles. The van der Waals surface area contributed by atoms with Gasteiger partial charge in [-0.25, -0.2) is 4.79 Å². The highest BCUT2D eigenvalue weighted by Crippen LogP contribution is 2.33. The van der Waals surface area contributed by atoms with Crippen molar-refractivity contribution in [3.8, 4) is 10.4 Å². The van der Waals surface area contributed by atoms with Crippen molar-refractivity contribution in [1.29, 1.82) is 0 Å². The van der Waals surface area contributed by atoms with E-state index in [2.05, 4.69) is 5.32 Å². The lowest BCUT2D eigenvalue weighted by Gasteiger charge is -2.08. The fourth-order valence-corrected chi connectivity index (χ4v) is 4.09. The predicted molar refractivity (Wildman–Crippen MR) is 120 cm³/mol. The number of carbonyl (C=O) groups excluding carboxylic acids is 1. The summed E-state index contributed by atoms with van der Waals surface area (Å²) in [7, 11) is 0. The molecule has 30 heavy (non-hydrogen) atoms. The minimum absolute atomic E-state index is 0.295. The van der Waals surface area contributed by atoms with E-state index in [-0.39, 0.29) is 5.78 Å². The number of carbonyl (C=O) groups is 2. The zero-order valence-corrected chi connectivity index (χ0v) is 16.5. The maximum atomic E-state index is 12.6. The number of anilines is 1. The molecule has 2 aromatic carbocycles. The average molecular weight is 415 g/mol. The first-order valence-corrected chi connectivity index (χ1v) is 9.95. The Balaban J connectivity index is 1.70. The summed E-state index contributed by atoms with van der Waals surface area (Å²) in [5.41, 5.74) is 4.65. The first-order chi connectivity index (χ1) is 14.6. The van der Waals surface area contributed by atoms with Crippen molar-refractivity contribution < 1.29 is 19.8 Å². The number of thiophene rings is 1. The minimum atomic E-state index is -0.934. The molecule has 5 nitrogen and oxygen atoms in total. The molecule has 3 aromatic rings. The van der Waals surface area contributed by atoms with E-state index >= 15 is 0 Å². The molecule has 0 atom stereocenters. The van der Waals surface area contributed by atoms with Crippen molar-refractivity contribution in [2.24, 2.45) is 0 Å². The Bertz CT molecular complexity index is 1220. The lowest BCUT2D eigenvalue weighted by Crippen LogP contribution is -2.00. The highest BCUT2D eigenvalue weighted by molar-refractivity contribution is 7.17. The van der Waals surface area contributed by atoms with Gasteiger partial charge in [0, 0.05) is 34.0 Å². The molecule has 0 unspecified atom stereocenters. The van der Waals surface area contributed by atoms with Gasteiger partial charge in [0.25, 0.3) is 0 Å². The highest BCUT2D eigenvalue weighted by Gasteiger charge is 2.17. The Kier molecular flexibility index (Phi) is 5.32. The molecule has 148 valence electrons. The molecule has 0 saturated carbocycles. The van der Waals surface area contributed by atoms with Crippen LogP contribution in [-0.2, 0) is 4.79 Å². The van der Waals surface area contributed by atoms with Gasteiger partial charge in [0.2, 0.25) is 0 Å². The van der Waals surface area contributed by atoms with Crippen LogP contribution < -0.4 is 5.32 Å². The summed E-state index contributed by atoms with van der Waals surface area (Å²) in [6, 6.07) is 18.6. The van der Waals surface area contributed by atoms with Crippen LogP contribution in [0.15, 0.2) is 85.3 Å². The van der Waals surface area contributed by atoms with E-state index < -0.39 is 5.97 Å². The molecule has 2 heterocycles. The van der Waals surface area contributed by atoms with Crippen LogP contribution in [0, 0.1) is 0 Å². The van der Waals surface area contributed by atoms with Gasteiger partial charge in [0.05, 0.1) is 6.26 Å². The lowest BCUT2D eigenvalue weighted by atomic mass is 9.96. The number of aromatic carboxylic acids is 1. The number of benzene rings is 2. The molecule has 0 aliphatic carbocycles. The standard InChI is InChI=1S/C24H17NO4S/c26-12-11-21(27)19-13-17(14-25-20-4-2-1-3-18(19)20)15-5-7-16(8-6-15)22-9-10-23(30-22)24(28)29/h1-14,25-26H,(H,28,29)/b12-11+. The monoisotopic (exact) mass is 415 g/mol. The summed E-state index contributed by atoms with van der Waals surface area (Å²) in [4.78, 5) is 24.8. The zero-order chi connectivity index (χ0) is 21.1. The molecule has 0 bridgehead atoms. The summed E-state index contributed by atoms with van der Waals surface area (Å²) in [5, 5.41) is 21.4. The number of carboxylic acid groups (broad SMARTS) is 1. The number of allylic oxidation sites excluding steroid dienone is 4. The Morgan fingerprint density at radius 3 is 2.37 bits per heavy atom. The number of ketones is 1. The third-order valence-electron chi connectivity index (χ3n) is 4.71. The van der Waals surface area contributed by atoms with E-state index in [1.165, 1.54) is 11.3 Å². The number of aliphatic hydroxyl groups excluding tert-OH is 1. The summed E-state index contributed by atoms with van der Waals surface area (Å²) in [5.74, 6) is -1.23. The van der Waals surface area contributed by atoms with Crippen molar-refractivity contribution in [2.75, 3.05) is 5.32 Å². The fourth-order valence-electron chi connectivity index (χ4n) is 3.24. The van der Waals surface area contributed by atoms with Crippen LogP contribution in [0.25, 0.3) is 21.6 Å². The number of para-hydroxylation sites is 1. The topological polar surface area (TPSA) is 86.6 Å². The normalized spacial score (nSPS) is 13.1. The second-order valence-electron chi connectivity index (χ2n) is 6.57. The van der Waals surface area contributed by atoms with Crippen LogP contribution in [0.1, 0.15) is 20.8 Å². The molecular formula is C24H17NO4S. The average Bonchev–Trinajstić information content (AvgIpc) is 3.17. The van der Waals surface area contributed by atoms with E-state index in [1.807, 2.05) is 54.7 Å². The fraction of sp³-hybridized carbons (Fsp3) is 0. The van der Waals surface area contributed by atoms with Crippen LogP contribution in [0.3, 0.4) is 0 Å². The number of aliphatic hydroxyl groups is 1. The lowest BCUT2D eigenvalue weighted by molar-refractivity contribution is -0.109. The minimum Gasteiger partial charge on any atom is -0.515 e. The third-order valence-corrected chi connectivity index (χ3v) is 5.83.